The van der Waals surface area contributed by atoms with E-state index in [9.17, 15) is 4.79 Å². The van der Waals surface area contributed by atoms with Crippen molar-refractivity contribution in [1.82, 2.24) is 10.3 Å². The number of nitrogens with one attached hydrogen (secondary N) is 2. The Balaban J connectivity index is 1.71. The fourth-order valence-corrected chi connectivity index (χ4v) is 3.82. The number of hydrogen-bond acceptors (Lipinski definition) is 4. The Morgan fingerprint density at radius 3 is 2.77 bits per heavy atom. The first-order valence-corrected chi connectivity index (χ1v) is 8.55. The van der Waals surface area contributed by atoms with Gasteiger partial charge in [-0.2, -0.15) is 0 Å². The number of benzene rings is 1. The van der Waals surface area contributed by atoms with Crippen LogP contribution < -0.4 is 10.6 Å². The maximum atomic E-state index is 12.4. The van der Waals surface area contributed by atoms with E-state index >= 15 is 0 Å². The van der Waals surface area contributed by atoms with Crippen LogP contribution in [0.3, 0.4) is 0 Å². The number of aromatic nitrogens is 1. The molecule has 5 heteroatoms. The van der Waals surface area contributed by atoms with Gasteiger partial charge >= 0.3 is 0 Å². The minimum atomic E-state index is -0.128. The van der Waals surface area contributed by atoms with Crippen LogP contribution in [0.1, 0.15) is 45.4 Å². The summed E-state index contributed by atoms with van der Waals surface area (Å²) in [6, 6.07) is 6.04. The molecule has 2 N–H and O–H groups in total. The minimum absolute atomic E-state index is 0.128. The molecule has 3 rings (SSSR count). The van der Waals surface area contributed by atoms with Crippen LogP contribution in [0.25, 0.3) is 0 Å². The van der Waals surface area contributed by atoms with E-state index in [0.29, 0.717) is 11.6 Å². The summed E-state index contributed by atoms with van der Waals surface area (Å²) in [7, 11) is 0. The number of hydrogen-bond donors (Lipinski definition) is 2. The highest BCUT2D eigenvalue weighted by Crippen LogP contribution is 2.26. The molecule has 4 nitrogen and oxygen atoms in total. The fourth-order valence-electron chi connectivity index (χ4n) is 2.88. The maximum Gasteiger partial charge on any atom is 0.275 e. The lowest BCUT2D eigenvalue weighted by molar-refractivity contribution is 0.102. The Kier molecular flexibility index (Phi) is 4.55. The minimum Gasteiger partial charge on any atom is -0.321 e. The molecule has 0 aliphatic carbocycles. The second kappa shape index (κ2) is 6.58. The van der Waals surface area contributed by atoms with Crippen LogP contribution in [0.5, 0.6) is 0 Å². The first kappa shape index (κ1) is 15.2. The van der Waals surface area contributed by atoms with E-state index in [-0.39, 0.29) is 5.91 Å². The van der Waals surface area contributed by atoms with Crippen LogP contribution >= 0.6 is 11.3 Å². The van der Waals surface area contributed by atoms with Gasteiger partial charge in [-0.1, -0.05) is 6.07 Å². The summed E-state index contributed by atoms with van der Waals surface area (Å²) < 4.78 is 0. The zero-order chi connectivity index (χ0) is 15.5. The first-order valence-electron chi connectivity index (χ1n) is 7.67. The molecular weight excluding hydrogens is 294 g/mol. The molecule has 1 unspecified atom stereocenters. The zero-order valence-corrected chi connectivity index (χ0v) is 13.8. The van der Waals surface area contributed by atoms with E-state index in [2.05, 4.69) is 21.7 Å². The lowest BCUT2D eigenvalue weighted by Crippen LogP contribution is -2.28. The summed E-state index contributed by atoms with van der Waals surface area (Å²) in [5, 5.41) is 9.27. The highest BCUT2D eigenvalue weighted by atomic mass is 32.1. The molecule has 1 aliphatic heterocycles. The molecule has 1 aliphatic rings. The average molecular weight is 315 g/mol. The molecule has 2 aromatic rings. The van der Waals surface area contributed by atoms with E-state index in [1.54, 1.807) is 11.3 Å². The SMILES string of the molecule is Cc1cc(C)cc(NC(=O)c2csc(C3CCCNC3)n2)c1. The van der Waals surface area contributed by atoms with Gasteiger partial charge in [0.05, 0.1) is 5.01 Å². The molecule has 0 saturated carbocycles. The van der Waals surface area contributed by atoms with Crippen LogP contribution in [0, 0.1) is 13.8 Å². The normalized spacial score (nSPS) is 18.2. The van der Waals surface area contributed by atoms with Crippen molar-refractivity contribution in [3.8, 4) is 0 Å². The highest BCUT2D eigenvalue weighted by Gasteiger charge is 2.20. The molecule has 1 amide bonds. The Morgan fingerprint density at radius 1 is 1.32 bits per heavy atom. The van der Waals surface area contributed by atoms with Crippen LogP contribution in [0.4, 0.5) is 5.69 Å². The van der Waals surface area contributed by atoms with Crippen molar-refractivity contribution in [1.29, 1.82) is 0 Å². The van der Waals surface area contributed by atoms with Crippen molar-refractivity contribution in [3.05, 3.63) is 45.4 Å². The molecule has 0 radical (unpaired) electrons. The Bertz CT molecular complexity index is 654. The third-order valence-electron chi connectivity index (χ3n) is 3.88. The molecular formula is C17H21N3OS. The van der Waals surface area contributed by atoms with Gasteiger partial charge in [-0.05, 0) is 56.5 Å². The third-order valence-corrected chi connectivity index (χ3v) is 4.89. The second-order valence-electron chi connectivity index (χ2n) is 5.94. The standard InChI is InChI=1S/C17H21N3OS/c1-11-6-12(2)8-14(7-11)19-16(21)15-10-22-17(20-15)13-4-3-5-18-9-13/h6-8,10,13,18H,3-5,9H2,1-2H3,(H,19,21). The van der Waals surface area contributed by atoms with Crippen molar-refractivity contribution < 1.29 is 4.79 Å². The number of rotatable bonds is 3. The van der Waals surface area contributed by atoms with Crippen molar-refractivity contribution in [2.45, 2.75) is 32.6 Å². The quantitative estimate of drug-likeness (QED) is 0.912. The van der Waals surface area contributed by atoms with Crippen LogP contribution in [0.2, 0.25) is 0 Å². The highest BCUT2D eigenvalue weighted by molar-refractivity contribution is 7.10. The molecule has 2 heterocycles. The lowest BCUT2D eigenvalue weighted by Gasteiger charge is -2.20. The zero-order valence-electron chi connectivity index (χ0n) is 13.0. The van der Waals surface area contributed by atoms with E-state index in [1.165, 1.54) is 6.42 Å². The van der Waals surface area contributed by atoms with Gasteiger partial charge in [-0.15, -0.1) is 11.3 Å². The number of carbonyl (C=O) groups excluding carboxylic acids is 1. The Morgan fingerprint density at radius 2 is 2.09 bits per heavy atom. The molecule has 0 spiro atoms. The summed E-state index contributed by atoms with van der Waals surface area (Å²) in [5.41, 5.74) is 3.63. The summed E-state index contributed by atoms with van der Waals surface area (Å²) >= 11 is 1.59. The van der Waals surface area contributed by atoms with Crippen molar-refractivity contribution in [2.24, 2.45) is 0 Å². The number of nitrogens with zero attached hydrogens (tertiary/aromatic N) is 1. The second-order valence-corrected chi connectivity index (χ2v) is 6.83. The first-order chi connectivity index (χ1) is 10.6. The topological polar surface area (TPSA) is 54.0 Å². The summed E-state index contributed by atoms with van der Waals surface area (Å²) in [5.74, 6) is 0.317. The molecule has 1 aromatic heterocycles. The molecule has 0 bridgehead atoms. The lowest BCUT2D eigenvalue weighted by atomic mass is 10.0. The van der Waals surface area contributed by atoms with Crippen molar-refractivity contribution in [3.63, 3.8) is 0 Å². The van der Waals surface area contributed by atoms with Gasteiger partial charge in [-0.3, -0.25) is 4.79 Å². The summed E-state index contributed by atoms with van der Waals surface area (Å²) in [4.78, 5) is 16.9. The number of carbonyl (C=O) groups is 1. The van der Waals surface area contributed by atoms with E-state index in [1.807, 2.05) is 31.4 Å². The maximum absolute atomic E-state index is 12.4. The largest absolute Gasteiger partial charge is 0.321 e. The number of aryl methyl sites for hydroxylation is 2. The summed E-state index contributed by atoms with van der Waals surface area (Å²) in [6.07, 6.45) is 2.33. The van der Waals surface area contributed by atoms with Gasteiger partial charge in [-0.25, -0.2) is 4.98 Å². The van der Waals surface area contributed by atoms with Crippen LogP contribution in [-0.2, 0) is 0 Å². The van der Waals surface area contributed by atoms with E-state index in [0.717, 1.165) is 41.3 Å². The molecule has 1 saturated heterocycles. The smallest absolute Gasteiger partial charge is 0.275 e. The third kappa shape index (κ3) is 3.54. The molecule has 1 aromatic carbocycles. The van der Waals surface area contributed by atoms with Gasteiger partial charge in [0, 0.05) is 23.5 Å². The van der Waals surface area contributed by atoms with Gasteiger partial charge in [0.1, 0.15) is 5.69 Å². The van der Waals surface area contributed by atoms with E-state index in [4.69, 9.17) is 0 Å². The van der Waals surface area contributed by atoms with Gasteiger partial charge in [0.2, 0.25) is 0 Å². The van der Waals surface area contributed by atoms with Crippen LogP contribution in [-0.4, -0.2) is 24.0 Å². The number of amides is 1. The van der Waals surface area contributed by atoms with Crippen LogP contribution in [0.15, 0.2) is 23.6 Å². The predicted molar refractivity (Wildman–Crippen MR) is 90.8 cm³/mol. The fraction of sp³-hybridized carbons (Fsp3) is 0.412. The number of piperidine rings is 1. The van der Waals surface area contributed by atoms with Gasteiger partial charge < -0.3 is 10.6 Å². The number of anilines is 1. The van der Waals surface area contributed by atoms with Gasteiger partial charge in [0.15, 0.2) is 0 Å². The molecule has 116 valence electrons. The Labute approximate surface area is 135 Å². The number of thiazole rings is 1. The summed E-state index contributed by atoms with van der Waals surface area (Å²) in [6.45, 7) is 6.10. The Hall–Kier alpha value is -1.72. The van der Waals surface area contributed by atoms with Gasteiger partial charge in [0.25, 0.3) is 5.91 Å². The van der Waals surface area contributed by atoms with E-state index < -0.39 is 0 Å². The monoisotopic (exact) mass is 315 g/mol. The average Bonchev–Trinajstić information content (AvgIpc) is 2.97. The molecule has 22 heavy (non-hydrogen) atoms. The van der Waals surface area contributed by atoms with Crippen molar-refractivity contribution in [2.75, 3.05) is 18.4 Å². The predicted octanol–water partition coefficient (Wildman–Crippen LogP) is 3.48. The molecule has 1 fully saturated rings. The molecule has 1 atom stereocenters. The van der Waals surface area contributed by atoms with Crippen molar-refractivity contribution >= 4 is 22.9 Å².